The van der Waals surface area contributed by atoms with Crippen LogP contribution >= 0.6 is 0 Å². The smallest absolute Gasteiger partial charge is 0.129 e. The fourth-order valence-electron chi connectivity index (χ4n) is 2.06. The van der Waals surface area contributed by atoms with Gasteiger partial charge in [-0.3, -0.25) is 0 Å². The van der Waals surface area contributed by atoms with Gasteiger partial charge < -0.3 is 5.32 Å². The lowest BCUT2D eigenvalue weighted by atomic mass is 10.0. The van der Waals surface area contributed by atoms with Crippen molar-refractivity contribution in [3.63, 3.8) is 0 Å². The van der Waals surface area contributed by atoms with Gasteiger partial charge in [0.15, 0.2) is 0 Å². The lowest BCUT2D eigenvalue weighted by Crippen LogP contribution is -2.24. The summed E-state index contributed by atoms with van der Waals surface area (Å²) < 4.78 is 13.6. The molecule has 1 nitrogen and oxygen atoms in total. The number of benzene rings is 1. The molecule has 0 saturated carbocycles. The summed E-state index contributed by atoms with van der Waals surface area (Å²) in [7, 11) is 0. The van der Waals surface area contributed by atoms with Crippen molar-refractivity contribution in [2.24, 2.45) is 0 Å². The zero-order valence-electron chi connectivity index (χ0n) is 8.52. The van der Waals surface area contributed by atoms with Crippen LogP contribution in [-0.2, 0) is 6.42 Å². The van der Waals surface area contributed by atoms with E-state index in [1.165, 1.54) is 12.8 Å². The van der Waals surface area contributed by atoms with E-state index < -0.39 is 0 Å². The van der Waals surface area contributed by atoms with E-state index in [1.54, 1.807) is 0 Å². The minimum atomic E-state index is -0.0267. The van der Waals surface area contributed by atoms with Crippen molar-refractivity contribution in [1.29, 1.82) is 0 Å². The van der Waals surface area contributed by atoms with E-state index in [-0.39, 0.29) is 5.82 Å². The highest BCUT2D eigenvalue weighted by molar-refractivity contribution is 5.25. The molecule has 0 amide bonds. The second-order valence-electron chi connectivity index (χ2n) is 4.05. The summed E-state index contributed by atoms with van der Waals surface area (Å²) in [5, 5.41) is 3.39. The van der Waals surface area contributed by atoms with E-state index in [9.17, 15) is 4.39 Å². The molecule has 1 aliphatic heterocycles. The highest BCUT2D eigenvalue weighted by atomic mass is 19.1. The Labute approximate surface area is 84.3 Å². The molecular weight excluding hydrogens is 177 g/mol. The molecule has 0 bridgehead atoms. The van der Waals surface area contributed by atoms with Crippen LogP contribution in [0.2, 0.25) is 0 Å². The van der Waals surface area contributed by atoms with Gasteiger partial charge in [0, 0.05) is 6.04 Å². The van der Waals surface area contributed by atoms with Gasteiger partial charge in [-0.1, -0.05) is 18.2 Å². The van der Waals surface area contributed by atoms with Gasteiger partial charge in [0.25, 0.3) is 0 Å². The van der Waals surface area contributed by atoms with Crippen molar-refractivity contribution in [3.8, 4) is 0 Å². The maximum atomic E-state index is 13.6. The van der Waals surface area contributed by atoms with E-state index in [4.69, 9.17) is 0 Å². The van der Waals surface area contributed by atoms with E-state index >= 15 is 0 Å². The largest absolute Gasteiger partial charge is 0.314 e. The summed E-state index contributed by atoms with van der Waals surface area (Å²) in [6, 6.07) is 6.12. The first-order valence-corrected chi connectivity index (χ1v) is 5.25. The maximum Gasteiger partial charge on any atom is 0.129 e. The van der Waals surface area contributed by atoms with Crippen LogP contribution < -0.4 is 5.32 Å². The predicted octanol–water partition coefficient (Wildman–Crippen LogP) is 2.43. The third-order valence-electron chi connectivity index (χ3n) is 2.90. The Hall–Kier alpha value is -0.890. The Morgan fingerprint density at radius 3 is 3.07 bits per heavy atom. The van der Waals surface area contributed by atoms with Gasteiger partial charge in [-0.05, 0) is 43.9 Å². The van der Waals surface area contributed by atoms with E-state index in [1.807, 2.05) is 25.1 Å². The minimum Gasteiger partial charge on any atom is -0.314 e. The van der Waals surface area contributed by atoms with Gasteiger partial charge in [0.05, 0.1) is 0 Å². The first-order valence-electron chi connectivity index (χ1n) is 5.25. The Balaban J connectivity index is 2.11. The molecule has 1 fully saturated rings. The van der Waals surface area contributed by atoms with E-state index in [0.29, 0.717) is 6.04 Å². The zero-order chi connectivity index (χ0) is 9.97. The number of halogens is 1. The van der Waals surface area contributed by atoms with Crippen LogP contribution in [0, 0.1) is 12.7 Å². The molecule has 1 atom stereocenters. The molecular formula is C12H16FN. The third-order valence-corrected chi connectivity index (χ3v) is 2.90. The average Bonchev–Trinajstić information content (AvgIpc) is 2.66. The SMILES string of the molecule is Cc1cccc(CC2CCCN2)c1F. The number of aryl methyl sites for hydroxylation is 1. The summed E-state index contributed by atoms with van der Waals surface area (Å²) in [5.74, 6) is -0.0267. The average molecular weight is 193 g/mol. The molecule has 1 heterocycles. The minimum absolute atomic E-state index is 0.0267. The van der Waals surface area contributed by atoms with Crippen molar-refractivity contribution in [3.05, 3.63) is 35.1 Å². The van der Waals surface area contributed by atoms with Crippen molar-refractivity contribution >= 4 is 0 Å². The highest BCUT2D eigenvalue weighted by Crippen LogP contribution is 2.17. The van der Waals surface area contributed by atoms with Crippen molar-refractivity contribution in [2.75, 3.05) is 6.54 Å². The van der Waals surface area contributed by atoms with Gasteiger partial charge in [0.2, 0.25) is 0 Å². The Kier molecular flexibility index (Phi) is 2.82. The summed E-state index contributed by atoms with van der Waals surface area (Å²) in [6.07, 6.45) is 3.22. The van der Waals surface area contributed by atoms with Gasteiger partial charge in [0.1, 0.15) is 5.82 Å². The second-order valence-corrected chi connectivity index (χ2v) is 4.05. The number of hydrogen-bond acceptors (Lipinski definition) is 1. The molecule has 14 heavy (non-hydrogen) atoms. The first-order chi connectivity index (χ1) is 6.77. The maximum absolute atomic E-state index is 13.6. The van der Waals surface area contributed by atoms with Crippen molar-refractivity contribution < 1.29 is 4.39 Å². The van der Waals surface area contributed by atoms with Crippen molar-refractivity contribution in [2.45, 2.75) is 32.2 Å². The second kappa shape index (κ2) is 4.09. The molecule has 0 spiro atoms. The standard InChI is InChI=1S/C12H16FN/c1-9-4-2-5-10(12(9)13)8-11-6-3-7-14-11/h2,4-5,11,14H,3,6-8H2,1H3. The Morgan fingerprint density at radius 1 is 1.50 bits per heavy atom. The number of rotatable bonds is 2. The molecule has 76 valence electrons. The van der Waals surface area contributed by atoms with Crippen LogP contribution in [-0.4, -0.2) is 12.6 Å². The molecule has 1 unspecified atom stereocenters. The van der Waals surface area contributed by atoms with Gasteiger partial charge in [-0.2, -0.15) is 0 Å². The third kappa shape index (κ3) is 1.95. The molecule has 2 heteroatoms. The number of hydrogen-bond donors (Lipinski definition) is 1. The molecule has 1 aliphatic rings. The van der Waals surface area contributed by atoms with Gasteiger partial charge in [-0.15, -0.1) is 0 Å². The summed E-state index contributed by atoms with van der Waals surface area (Å²) in [4.78, 5) is 0. The fraction of sp³-hybridized carbons (Fsp3) is 0.500. The summed E-state index contributed by atoms with van der Waals surface area (Å²) in [5.41, 5.74) is 1.60. The van der Waals surface area contributed by atoms with Gasteiger partial charge in [-0.25, -0.2) is 4.39 Å². The molecule has 0 radical (unpaired) electrons. The van der Waals surface area contributed by atoms with Crippen molar-refractivity contribution in [1.82, 2.24) is 5.32 Å². The summed E-state index contributed by atoms with van der Waals surface area (Å²) in [6.45, 7) is 2.90. The van der Waals surface area contributed by atoms with E-state index in [0.717, 1.165) is 24.1 Å². The molecule has 0 aromatic heterocycles. The Bertz CT molecular complexity index is 316. The van der Waals surface area contributed by atoms with Crippen LogP contribution in [0.5, 0.6) is 0 Å². The topological polar surface area (TPSA) is 12.0 Å². The van der Waals surface area contributed by atoms with E-state index in [2.05, 4.69) is 5.32 Å². The molecule has 2 rings (SSSR count). The lowest BCUT2D eigenvalue weighted by molar-refractivity contribution is 0.556. The Morgan fingerprint density at radius 2 is 2.36 bits per heavy atom. The lowest BCUT2D eigenvalue weighted by Gasteiger charge is -2.11. The highest BCUT2D eigenvalue weighted by Gasteiger charge is 2.16. The molecule has 1 aromatic carbocycles. The van der Waals surface area contributed by atoms with Crippen LogP contribution in [0.25, 0.3) is 0 Å². The monoisotopic (exact) mass is 193 g/mol. The van der Waals surface area contributed by atoms with Crippen LogP contribution in [0.15, 0.2) is 18.2 Å². The molecule has 1 N–H and O–H groups in total. The van der Waals surface area contributed by atoms with Crippen LogP contribution in [0.4, 0.5) is 4.39 Å². The molecule has 0 aliphatic carbocycles. The normalized spacial score (nSPS) is 21.4. The molecule has 1 aromatic rings. The molecule has 1 saturated heterocycles. The quantitative estimate of drug-likeness (QED) is 0.760. The van der Waals surface area contributed by atoms with Crippen LogP contribution in [0.3, 0.4) is 0 Å². The fourth-order valence-corrected chi connectivity index (χ4v) is 2.06. The van der Waals surface area contributed by atoms with Crippen LogP contribution in [0.1, 0.15) is 24.0 Å². The first kappa shape index (κ1) is 9.66. The zero-order valence-corrected chi connectivity index (χ0v) is 8.52. The van der Waals surface area contributed by atoms with Gasteiger partial charge >= 0.3 is 0 Å². The summed E-state index contributed by atoms with van der Waals surface area (Å²) >= 11 is 0. The number of nitrogens with one attached hydrogen (secondary N) is 1. The predicted molar refractivity (Wildman–Crippen MR) is 55.9 cm³/mol.